The van der Waals surface area contributed by atoms with E-state index in [-0.39, 0.29) is 24.3 Å². The Hall–Kier alpha value is -2.01. The van der Waals surface area contributed by atoms with E-state index < -0.39 is 11.6 Å². The molecule has 5 heteroatoms. The SMILES string of the molecule is COc1ccc(C2CCC(CCc3ccc(C4CCC(CO)CC4)c(F)c3F)CC2)c(F)c1. The van der Waals surface area contributed by atoms with Crippen LogP contribution in [-0.4, -0.2) is 18.8 Å². The maximum absolute atomic E-state index is 14.9. The molecule has 2 aromatic carbocycles. The first-order valence-corrected chi connectivity index (χ1v) is 12.4. The van der Waals surface area contributed by atoms with Crippen LogP contribution in [0.1, 0.15) is 86.3 Å². The summed E-state index contributed by atoms with van der Waals surface area (Å²) in [5.74, 6) is -0.0394. The van der Waals surface area contributed by atoms with Gasteiger partial charge in [-0.3, -0.25) is 0 Å². The van der Waals surface area contributed by atoms with Gasteiger partial charge in [-0.1, -0.05) is 18.2 Å². The second-order valence-corrected chi connectivity index (χ2v) is 9.99. The lowest BCUT2D eigenvalue weighted by atomic mass is 9.76. The number of halogens is 3. The molecule has 0 aromatic heterocycles. The molecule has 4 rings (SSSR count). The van der Waals surface area contributed by atoms with Crippen molar-refractivity contribution in [2.45, 2.75) is 76.0 Å². The van der Waals surface area contributed by atoms with Gasteiger partial charge in [-0.05, 0) is 111 Å². The fourth-order valence-electron chi connectivity index (χ4n) is 5.86. The van der Waals surface area contributed by atoms with E-state index in [1.807, 2.05) is 12.1 Å². The molecule has 0 aliphatic heterocycles. The van der Waals surface area contributed by atoms with Crippen molar-refractivity contribution in [3.8, 4) is 5.75 Å². The predicted octanol–water partition coefficient (Wildman–Crippen LogP) is 7.29. The number of ether oxygens (including phenoxy) is 1. The zero-order valence-corrected chi connectivity index (χ0v) is 19.5. The van der Waals surface area contributed by atoms with E-state index in [2.05, 4.69) is 0 Å². The molecular weight excluding hydrogens is 425 g/mol. The maximum Gasteiger partial charge on any atom is 0.162 e. The van der Waals surface area contributed by atoms with Gasteiger partial charge in [-0.15, -0.1) is 0 Å². The summed E-state index contributed by atoms with van der Waals surface area (Å²) >= 11 is 0. The second kappa shape index (κ2) is 10.9. The highest BCUT2D eigenvalue weighted by Gasteiger charge is 2.27. The number of aliphatic hydroxyl groups is 1. The van der Waals surface area contributed by atoms with E-state index in [0.29, 0.717) is 35.1 Å². The van der Waals surface area contributed by atoms with Crippen LogP contribution in [-0.2, 0) is 6.42 Å². The molecular formula is C28H35F3O2. The van der Waals surface area contributed by atoms with Crippen LogP contribution in [0.5, 0.6) is 5.75 Å². The Bertz CT molecular complexity index is 929. The summed E-state index contributed by atoms with van der Waals surface area (Å²) in [6, 6.07) is 8.63. The molecule has 2 aromatic rings. The van der Waals surface area contributed by atoms with Gasteiger partial charge in [0.2, 0.25) is 0 Å². The van der Waals surface area contributed by atoms with Crippen LogP contribution < -0.4 is 4.74 Å². The van der Waals surface area contributed by atoms with Gasteiger partial charge in [0.15, 0.2) is 11.6 Å². The van der Waals surface area contributed by atoms with Gasteiger partial charge in [0.05, 0.1) is 7.11 Å². The molecule has 2 fully saturated rings. The van der Waals surface area contributed by atoms with Crippen molar-refractivity contribution in [3.05, 3.63) is 64.5 Å². The van der Waals surface area contributed by atoms with Gasteiger partial charge >= 0.3 is 0 Å². The topological polar surface area (TPSA) is 29.5 Å². The lowest BCUT2D eigenvalue weighted by Crippen LogP contribution is -2.17. The summed E-state index contributed by atoms with van der Waals surface area (Å²) in [6.07, 6.45) is 8.50. The molecule has 0 spiro atoms. The summed E-state index contributed by atoms with van der Waals surface area (Å²) in [5.41, 5.74) is 1.71. The van der Waals surface area contributed by atoms with Crippen LogP contribution in [0, 0.1) is 29.3 Å². The molecule has 0 atom stereocenters. The molecule has 33 heavy (non-hydrogen) atoms. The van der Waals surface area contributed by atoms with Gasteiger partial charge in [0.1, 0.15) is 11.6 Å². The molecule has 2 aliphatic carbocycles. The fourth-order valence-corrected chi connectivity index (χ4v) is 5.86. The standard InChI is InChI=1S/C28H35F3O2/c1-33-23-13-15-24(26(29)16-23)20-7-2-18(3-8-20)4-11-22-12-14-25(28(31)27(22)30)21-9-5-19(17-32)6-10-21/h12-16,18-21,32H,2-11,17H2,1H3. The van der Waals surface area contributed by atoms with Crippen molar-refractivity contribution in [2.24, 2.45) is 11.8 Å². The quantitative estimate of drug-likeness (QED) is 0.470. The number of methoxy groups -OCH3 is 1. The summed E-state index contributed by atoms with van der Waals surface area (Å²) < 4.78 is 49.2. The first-order valence-electron chi connectivity index (χ1n) is 12.4. The van der Waals surface area contributed by atoms with Gasteiger partial charge < -0.3 is 9.84 Å². The Morgan fingerprint density at radius 1 is 0.788 bits per heavy atom. The molecule has 0 radical (unpaired) electrons. The zero-order chi connectivity index (χ0) is 23.4. The molecule has 0 heterocycles. The number of aliphatic hydroxyl groups excluding tert-OH is 1. The Labute approximate surface area is 195 Å². The van der Waals surface area contributed by atoms with Crippen LogP contribution in [0.2, 0.25) is 0 Å². The van der Waals surface area contributed by atoms with E-state index in [0.717, 1.165) is 63.4 Å². The van der Waals surface area contributed by atoms with E-state index in [9.17, 15) is 18.3 Å². The summed E-state index contributed by atoms with van der Waals surface area (Å²) in [4.78, 5) is 0. The minimum Gasteiger partial charge on any atom is -0.497 e. The largest absolute Gasteiger partial charge is 0.497 e. The molecule has 0 amide bonds. The second-order valence-electron chi connectivity index (χ2n) is 9.99. The molecule has 0 bridgehead atoms. The van der Waals surface area contributed by atoms with Gasteiger partial charge in [-0.25, -0.2) is 13.2 Å². The lowest BCUT2D eigenvalue weighted by Gasteiger charge is -2.29. The number of benzene rings is 2. The first-order chi connectivity index (χ1) is 16.0. The van der Waals surface area contributed by atoms with Gasteiger partial charge in [0, 0.05) is 12.7 Å². The number of hydrogen-bond donors (Lipinski definition) is 1. The Morgan fingerprint density at radius 3 is 2.00 bits per heavy atom. The monoisotopic (exact) mass is 460 g/mol. The third-order valence-electron chi connectivity index (χ3n) is 8.05. The third-order valence-corrected chi connectivity index (χ3v) is 8.05. The highest BCUT2D eigenvalue weighted by atomic mass is 19.2. The van der Waals surface area contributed by atoms with Crippen molar-refractivity contribution in [1.29, 1.82) is 0 Å². The van der Waals surface area contributed by atoms with Gasteiger partial charge in [-0.2, -0.15) is 0 Å². The zero-order valence-electron chi connectivity index (χ0n) is 19.5. The minimum absolute atomic E-state index is 0.0463. The van der Waals surface area contributed by atoms with Crippen molar-refractivity contribution in [2.75, 3.05) is 13.7 Å². The summed E-state index contributed by atoms with van der Waals surface area (Å²) in [7, 11) is 1.53. The molecule has 2 nitrogen and oxygen atoms in total. The number of hydrogen-bond acceptors (Lipinski definition) is 2. The number of aryl methyl sites for hydroxylation is 1. The smallest absolute Gasteiger partial charge is 0.162 e. The molecule has 2 aliphatic rings. The molecule has 0 unspecified atom stereocenters. The Morgan fingerprint density at radius 2 is 1.39 bits per heavy atom. The highest BCUT2D eigenvalue weighted by Crippen LogP contribution is 2.40. The van der Waals surface area contributed by atoms with Crippen LogP contribution in [0.4, 0.5) is 13.2 Å². The Kier molecular flexibility index (Phi) is 8.00. The van der Waals surface area contributed by atoms with E-state index in [1.54, 1.807) is 12.1 Å². The molecule has 180 valence electrons. The molecule has 1 N–H and O–H groups in total. The normalized spacial score (nSPS) is 25.7. The fraction of sp³-hybridized carbons (Fsp3) is 0.571. The van der Waals surface area contributed by atoms with Gasteiger partial charge in [0.25, 0.3) is 0 Å². The van der Waals surface area contributed by atoms with Crippen LogP contribution in [0.25, 0.3) is 0 Å². The lowest BCUT2D eigenvalue weighted by molar-refractivity contribution is 0.181. The van der Waals surface area contributed by atoms with E-state index in [1.165, 1.54) is 13.2 Å². The van der Waals surface area contributed by atoms with Crippen LogP contribution in [0.15, 0.2) is 30.3 Å². The van der Waals surface area contributed by atoms with Crippen LogP contribution in [0.3, 0.4) is 0 Å². The summed E-state index contributed by atoms with van der Waals surface area (Å²) in [6.45, 7) is 0.180. The van der Waals surface area contributed by atoms with Crippen molar-refractivity contribution < 1.29 is 23.0 Å². The van der Waals surface area contributed by atoms with E-state index in [4.69, 9.17) is 4.74 Å². The molecule has 2 saturated carbocycles. The van der Waals surface area contributed by atoms with Crippen molar-refractivity contribution in [3.63, 3.8) is 0 Å². The highest BCUT2D eigenvalue weighted by molar-refractivity contribution is 5.32. The Balaban J connectivity index is 1.30. The van der Waals surface area contributed by atoms with Crippen molar-refractivity contribution in [1.82, 2.24) is 0 Å². The minimum atomic E-state index is -0.689. The van der Waals surface area contributed by atoms with E-state index >= 15 is 0 Å². The predicted molar refractivity (Wildman–Crippen MR) is 124 cm³/mol. The maximum atomic E-state index is 14.9. The number of rotatable bonds is 7. The van der Waals surface area contributed by atoms with Crippen LogP contribution >= 0.6 is 0 Å². The molecule has 0 saturated heterocycles. The average Bonchev–Trinajstić information content (AvgIpc) is 2.85. The third kappa shape index (κ3) is 5.56. The first kappa shape index (κ1) is 24.1. The average molecular weight is 461 g/mol. The summed E-state index contributed by atoms with van der Waals surface area (Å²) in [5, 5.41) is 9.30. The van der Waals surface area contributed by atoms with Crippen molar-refractivity contribution >= 4 is 0 Å².